The second kappa shape index (κ2) is 10.8. The van der Waals surface area contributed by atoms with Crippen molar-refractivity contribution >= 4 is 11.8 Å². The van der Waals surface area contributed by atoms with Gasteiger partial charge in [-0.2, -0.15) is 0 Å². The second-order valence-electron chi connectivity index (χ2n) is 8.12. The maximum Gasteiger partial charge on any atom is 0.260 e. The van der Waals surface area contributed by atoms with Crippen LogP contribution in [0, 0.1) is 0 Å². The van der Waals surface area contributed by atoms with Gasteiger partial charge in [-0.25, -0.2) is 0 Å². The fourth-order valence-corrected chi connectivity index (χ4v) is 3.65. The summed E-state index contributed by atoms with van der Waals surface area (Å²) in [5.74, 6) is 1.30. The van der Waals surface area contributed by atoms with Crippen LogP contribution in [0.25, 0.3) is 0 Å². The van der Waals surface area contributed by atoms with Crippen LogP contribution in [-0.4, -0.2) is 54.4 Å². The molecule has 0 saturated carbocycles. The lowest BCUT2D eigenvalue weighted by molar-refractivity contribution is -0.140. The maximum absolute atomic E-state index is 12.5. The fraction of sp³-hybridized carbons (Fsp3) is 0.440. The van der Waals surface area contributed by atoms with E-state index in [2.05, 4.69) is 32.0 Å². The zero-order valence-corrected chi connectivity index (χ0v) is 18.0. The molecular weight excluding hydrogens is 376 g/mol. The van der Waals surface area contributed by atoms with E-state index in [1.54, 1.807) is 4.90 Å². The molecule has 0 unspecified atom stereocenters. The minimum Gasteiger partial charge on any atom is -0.484 e. The van der Waals surface area contributed by atoms with Crippen molar-refractivity contribution in [3.63, 3.8) is 0 Å². The Hall–Kier alpha value is -2.82. The zero-order chi connectivity index (χ0) is 21.3. The molecule has 5 nitrogen and oxygen atoms in total. The van der Waals surface area contributed by atoms with Gasteiger partial charge in [0.15, 0.2) is 6.61 Å². The fourth-order valence-electron chi connectivity index (χ4n) is 3.65. The van der Waals surface area contributed by atoms with E-state index < -0.39 is 0 Å². The zero-order valence-electron chi connectivity index (χ0n) is 18.0. The van der Waals surface area contributed by atoms with Crippen LogP contribution in [0.5, 0.6) is 5.75 Å². The van der Waals surface area contributed by atoms with E-state index in [1.165, 1.54) is 11.1 Å². The molecule has 2 aromatic rings. The van der Waals surface area contributed by atoms with Gasteiger partial charge in [0.05, 0.1) is 0 Å². The average molecular weight is 409 g/mol. The van der Waals surface area contributed by atoms with Gasteiger partial charge in [0, 0.05) is 32.6 Å². The number of carbonyl (C=O) groups is 2. The third kappa shape index (κ3) is 6.34. The van der Waals surface area contributed by atoms with E-state index in [4.69, 9.17) is 4.74 Å². The van der Waals surface area contributed by atoms with Crippen molar-refractivity contribution < 1.29 is 14.3 Å². The highest BCUT2D eigenvalue weighted by molar-refractivity contribution is 5.79. The Kier molecular flexibility index (Phi) is 7.89. The van der Waals surface area contributed by atoms with Crippen molar-refractivity contribution in [3.8, 4) is 5.75 Å². The molecule has 1 saturated heterocycles. The molecule has 160 valence electrons. The van der Waals surface area contributed by atoms with Crippen LogP contribution in [0.1, 0.15) is 43.7 Å². The lowest BCUT2D eigenvalue weighted by Crippen LogP contribution is -2.51. The molecule has 30 heavy (non-hydrogen) atoms. The number of rotatable bonds is 8. The third-order valence-corrected chi connectivity index (χ3v) is 5.57. The largest absolute Gasteiger partial charge is 0.484 e. The molecule has 5 heteroatoms. The third-order valence-electron chi connectivity index (χ3n) is 5.57. The molecule has 0 bridgehead atoms. The van der Waals surface area contributed by atoms with E-state index in [0.29, 0.717) is 38.5 Å². The number of piperazine rings is 1. The molecule has 1 heterocycles. The van der Waals surface area contributed by atoms with Gasteiger partial charge >= 0.3 is 0 Å². The number of amides is 2. The molecule has 2 amide bonds. The number of hydrogen-bond acceptors (Lipinski definition) is 3. The second-order valence-corrected chi connectivity index (χ2v) is 8.12. The molecule has 0 aliphatic carbocycles. The Balaban J connectivity index is 1.37. The average Bonchev–Trinajstić information content (AvgIpc) is 2.78. The first kappa shape index (κ1) is 21.9. The summed E-state index contributed by atoms with van der Waals surface area (Å²) < 4.78 is 5.71. The van der Waals surface area contributed by atoms with Crippen LogP contribution in [0.4, 0.5) is 0 Å². The van der Waals surface area contributed by atoms with Crippen LogP contribution in [-0.2, 0) is 16.0 Å². The molecule has 3 rings (SSSR count). The van der Waals surface area contributed by atoms with Crippen LogP contribution in [0.2, 0.25) is 0 Å². The topological polar surface area (TPSA) is 49.9 Å². The minimum absolute atomic E-state index is 0.0267. The lowest BCUT2D eigenvalue weighted by atomic mass is 10.0. The Labute approximate surface area is 179 Å². The minimum atomic E-state index is -0.0267. The van der Waals surface area contributed by atoms with Crippen molar-refractivity contribution in [3.05, 3.63) is 65.7 Å². The highest BCUT2D eigenvalue weighted by Gasteiger charge is 2.24. The lowest BCUT2D eigenvalue weighted by Gasteiger charge is -2.34. The molecule has 0 N–H and O–H groups in total. The highest BCUT2D eigenvalue weighted by Crippen LogP contribution is 2.20. The van der Waals surface area contributed by atoms with Crippen molar-refractivity contribution in [2.45, 2.75) is 39.0 Å². The summed E-state index contributed by atoms with van der Waals surface area (Å²) in [6.07, 6.45) is 2.32. The summed E-state index contributed by atoms with van der Waals surface area (Å²) >= 11 is 0. The summed E-state index contributed by atoms with van der Waals surface area (Å²) in [6.45, 7) is 6.63. The van der Waals surface area contributed by atoms with Crippen LogP contribution >= 0.6 is 0 Å². The normalized spacial score (nSPS) is 14.1. The van der Waals surface area contributed by atoms with Crippen molar-refractivity contribution in [2.24, 2.45) is 0 Å². The van der Waals surface area contributed by atoms with Crippen LogP contribution in [0.3, 0.4) is 0 Å². The molecular formula is C25H32N2O3. The summed E-state index contributed by atoms with van der Waals surface area (Å²) in [6, 6.07) is 18.1. The molecule has 0 radical (unpaired) electrons. The van der Waals surface area contributed by atoms with Gasteiger partial charge in [-0.05, 0) is 42.0 Å². The van der Waals surface area contributed by atoms with Crippen LogP contribution < -0.4 is 4.74 Å². The highest BCUT2D eigenvalue weighted by atomic mass is 16.5. The molecule has 0 atom stereocenters. The molecule has 0 spiro atoms. The van der Waals surface area contributed by atoms with Crippen LogP contribution in [0.15, 0.2) is 54.6 Å². The van der Waals surface area contributed by atoms with Gasteiger partial charge in [-0.3, -0.25) is 9.59 Å². The predicted octanol–water partition coefficient (Wildman–Crippen LogP) is 3.88. The first-order chi connectivity index (χ1) is 14.5. The van der Waals surface area contributed by atoms with E-state index in [-0.39, 0.29) is 18.4 Å². The number of hydrogen-bond donors (Lipinski definition) is 0. The number of ether oxygens (including phenoxy) is 1. The van der Waals surface area contributed by atoms with Gasteiger partial charge in [0.25, 0.3) is 5.91 Å². The number of nitrogens with zero attached hydrogens (tertiary/aromatic N) is 2. The standard InChI is InChI=1S/C25H32N2O3/c1-20(2)22-11-7-12-23(18-22)30-19-25(29)27-16-14-26(15-17-27)24(28)13-6-10-21-8-4-3-5-9-21/h3-5,7-9,11-12,18,20H,6,10,13-17,19H2,1-2H3. The van der Waals surface area contributed by atoms with Gasteiger partial charge in [0.1, 0.15) is 5.75 Å². The van der Waals surface area contributed by atoms with E-state index in [1.807, 2.05) is 41.3 Å². The maximum atomic E-state index is 12.5. The molecule has 1 fully saturated rings. The van der Waals surface area contributed by atoms with E-state index >= 15 is 0 Å². The molecule has 2 aromatic carbocycles. The van der Waals surface area contributed by atoms with Gasteiger partial charge < -0.3 is 14.5 Å². The Bertz CT molecular complexity index is 827. The first-order valence-electron chi connectivity index (χ1n) is 10.8. The summed E-state index contributed by atoms with van der Waals surface area (Å²) in [4.78, 5) is 28.6. The van der Waals surface area contributed by atoms with E-state index in [9.17, 15) is 9.59 Å². The molecule has 0 aromatic heterocycles. The van der Waals surface area contributed by atoms with Gasteiger partial charge in [-0.1, -0.05) is 56.3 Å². The van der Waals surface area contributed by atoms with Gasteiger partial charge in [-0.15, -0.1) is 0 Å². The smallest absolute Gasteiger partial charge is 0.260 e. The number of carbonyl (C=O) groups excluding carboxylic acids is 2. The summed E-state index contributed by atoms with van der Waals surface area (Å²) in [5.41, 5.74) is 2.46. The van der Waals surface area contributed by atoms with Crippen molar-refractivity contribution in [1.29, 1.82) is 0 Å². The van der Waals surface area contributed by atoms with Gasteiger partial charge in [0.2, 0.25) is 5.91 Å². The monoisotopic (exact) mass is 408 g/mol. The SMILES string of the molecule is CC(C)c1cccc(OCC(=O)N2CCN(C(=O)CCCc3ccccc3)CC2)c1. The molecule has 1 aliphatic heterocycles. The number of aryl methyl sites for hydroxylation is 1. The van der Waals surface area contributed by atoms with E-state index in [0.717, 1.165) is 18.6 Å². The summed E-state index contributed by atoms with van der Waals surface area (Å²) in [7, 11) is 0. The Morgan fingerprint density at radius 3 is 2.23 bits per heavy atom. The Morgan fingerprint density at radius 1 is 0.900 bits per heavy atom. The van der Waals surface area contributed by atoms with Crippen molar-refractivity contribution in [2.75, 3.05) is 32.8 Å². The predicted molar refractivity (Wildman–Crippen MR) is 119 cm³/mol. The quantitative estimate of drug-likeness (QED) is 0.666. The van der Waals surface area contributed by atoms with Crippen molar-refractivity contribution in [1.82, 2.24) is 9.80 Å². The Morgan fingerprint density at radius 2 is 1.57 bits per heavy atom. The number of benzene rings is 2. The summed E-state index contributed by atoms with van der Waals surface area (Å²) in [5, 5.41) is 0. The molecule has 1 aliphatic rings. The first-order valence-corrected chi connectivity index (χ1v) is 10.8.